The van der Waals surface area contributed by atoms with Crippen molar-refractivity contribution in [3.63, 3.8) is 0 Å². The summed E-state index contributed by atoms with van der Waals surface area (Å²) in [6.45, 7) is 9.47. The van der Waals surface area contributed by atoms with Gasteiger partial charge in [0.05, 0.1) is 31.3 Å². The maximum absolute atomic E-state index is 12.2. The molecule has 0 heterocycles. The molecule has 132 valence electrons. The third-order valence-corrected chi connectivity index (χ3v) is 4.54. The van der Waals surface area contributed by atoms with Crippen molar-refractivity contribution in [3.8, 4) is 0 Å². The molecule has 0 N–H and O–H groups in total. The number of methoxy groups -OCH3 is 1. The molecule has 0 saturated carbocycles. The standard InChI is InChI=1S/C17H28O5S/c1-14-6-8-16(9-7-14)23(18,19)22-13-17(3,4)12-21-11-15(2)10-20-5/h6-9,15H,10-13H2,1-5H3. The molecule has 0 bridgehead atoms. The molecule has 0 aliphatic rings. The van der Waals surface area contributed by atoms with Crippen LogP contribution in [0, 0.1) is 18.3 Å². The summed E-state index contributed by atoms with van der Waals surface area (Å²) in [4.78, 5) is 0.175. The molecule has 6 heteroatoms. The van der Waals surface area contributed by atoms with Crippen LogP contribution in [-0.4, -0.2) is 42.0 Å². The molecule has 0 aromatic heterocycles. The number of rotatable bonds is 10. The van der Waals surface area contributed by atoms with Crippen LogP contribution >= 0.6 is 0 Å². The monoisotopic (exact) mass is 344 g/mol. The Kier molecular flexibility index (Phi) is 7.67. The molecule has 0 amide bonds. The maximum Gasteiger partial charge on any atom is 0.296 e. The van der Waals surface area contributed by atoms with Gasteiger partial charge in [0.25, 0.3) is 10.1 Å². The largest absolute Gasteiger partial charge is 0.384 e. The van der Waals surface area contributed by atoms with Crippen molar-refractivity contribution in [2.45, 2.75) is 32.6 Å². The van der Waals surface area contributed by atoms with Crippen LogP contribution in [0.5, 0.6) is 0 Å². The highest BCUT2D eigenvalue weighted by Crippen LogP contribution is 2.21. The summed E-state index contributed by atoms with van der Waals surface area (Å²) in [5, 5.41) is 0. The fraction of sp³-hybridized carbons (Fsp3) is 0.647. The molecule has 1 atom stereocenters. The smallest absolute Gasteiger partial charge is 0.296 e. The highest BCUT2D eigenvalue weighted by atomic mass is 32.2. The predicted molar refractivity (Wildman–Crippen MR) is 90.0 cm³/mol. The minimum Gasteiger partial charge on any atom is -0.384 e. The molecular formula is C17H28O5S. The Balaban J connectivity index is 2.49. The van der Waals surface area contributed by atoms with Gasteiger partial charge in [0.15, 0.2) is 0 Å². The van der Waals surface area contributed by atoms with Crippen LogP contribution in [0.2, 0.25) is 0 Å². The Morgan fingerprint density at radius 3 is 2.26 bits per heavy atom. The lowest BCUT2D eigenvalue weighted by molar-refractivity contribution is 0.00821. The van der Waals surface area contributed by atoms with Crippen LogP contribution in [0.1, 0.15) is 26.3 Å². The first-order valence-electron chi connectivity index (χ1n) is 7.69. The van der Waals surface area contributed by atoms with Crippen molar-refractivity contribution in [2.75, 3.05) is 33.5 Å². The summed E-state index contributed by atoms with van der Waals surface area (Å²) < 4.78 is 40.2. The summed E-state index contributed by atoms with van der Waals surface area (Å²) in [5.74, 6) is 0.299. The number of hydrogen-bond acceptors (Lipinski definition) is 5. The molecule has 0 fully saturated rings. The van der Waals surface area contributed by atoms with Crippen molar-refractivity contribution in [1.29, 1.82) is 0 Å². The van der Waals surface area contributed by atoms with Gasteiger partial charge in [0.1, 0.15) is 0 Å². The van der Waals surface area contributed by atoms with E-state index in [1.807, 2.05) is 27.7 Å². The van der Waals surface area contributed by atoms with Crippen molar-refractivity contribution in [1.82, 2.24) is 0 Å². The van der Waals surface area contributed by atoms with Crippen molar-refractivity contribution >= 4 is 10.1 Å². The summed E-state index contributed by atoms with van der Waals surface area (Å²) >= 11 is 0. The molecule has 1 aromatic rings. The Bertz CT molecular complexity index is 563. The minimum absolute atomic E-state index is 0.0713. The molecule has 1 rings (SSSR count). The Hall–Kier alpha value is -0.950. The normalized spacial score (nSPS) is 14.0. The third-order valence-electron chi connectivity index (χ3n) is 3.26. The highest BCUT2D eigenvalue weighted by Gasteiger charge is 2.24. The number of aryl methyl sites for hydroxylation is 1. The molecule has 1 unspecified atom stereocenters. The summed E-state index contributed by atoms with van der Waals surface area (Å²) in [7, 11) is -2.08. The fourth-order valence-electron chi connectivity index (χ4n) is 1.92. The van der Waals surface area contributed by atoms with E-state index >= 15 is 0 Å². The Morgan fingerprint density at radius 2 is 1.70 bits per heavy atom. The summed E-state index contributed by atoms with van der Waals surface area (Å²) in [5.41, 5.74) is 0.604. The van der Waals surface area contributed by atoms with Crippen LogP contribution in [-0.2, 0) is 23.8 Å². The SMILES string of the molecule is COCC(C)COCC(C)(C)COS(=O)(=O)c1ccc(C)cc1. The molecule has 0 saturated heterocycles. The Labute approximate surface area is 140 Å². The number of hydrogen-bond donors (Lipinski definition) is 0. The first kappa shape index (κ1) is 20.1. The zero-order chi connectivity index (χ0) is 17.5. The quantitative estimate of drug-likeness (QED) is 0.611. The van der Waals surface area contributed by atoms with E-state index in [2.05, 4.69) is 0 Å². The maximum atomic E-state index is 12.2. The average Bonchev–Trinajstić information content (AvgIpc) is 2.46. The molecule has 1 aromatic carbocycles. The zero-order valence-corrected chi connectivity index (χ0v) is 15.5. The van der Waals surface area contributed by atoms with E-state index in [1.165, 1.54) is 0 Å². The molecule has 0 aliphatic carbocycles. The van der Waals surface area contributed by atoms with Gasteiger partial charge in [-0.1, -0.05) is 38.5 Å². The van der Waals surface area contributed by atoms with Crippen molar-refractivity contribution in [3.05, 3.63) is 29.8 Å². The van der Waals surface area contributed by atoms with E-state index in [9.17, 15) is 8.42 Å². The lowest BCUT2D eigenvalue weighted by Gasteiger charge is -2.24. The van der Waals surface area contributed by atoms with E-state index in [0.29, 0.717) is 25.7 Å². The fourth-order valence-corrected chi connectivity index (χ4v) is 3.00. The first-order valence-corrected chi connectivity index (χ1v) is 9.10. The zero-order valence-electron chi connectivity index (χ0n) is 14.7. The second-order valence-corrected chi connectivity index (χ2v) is 8.38. The van der Waals surface area contributed by atoms with Crippen LogP contribution in [0.3, 0.4) is 0 Å². The van der Waals surface area contributed by atoms with Gasteiger partial charge in [-0.15, -0.1) is 0 Å². The summed E-state index contributed by atoms with van der Waals surface area (Å²) in [6.07, 6.45) is 0. The van der Waals surface area contributed by atoms with E-state index in [4.69, 9.17) is 13.7 Å². The van der Waals surface area contributed by atoms with Gasteiger partial charge < -0.3 is 9.47 Å². The minimum atomic E-state index is -3.74. The van der Waals surface area contributed by atoms with Gasteiger partial charge in [-0.2, -0.15) is 8.42 Å². The predicted octanol–water partition coefficient (Wildman–Crippen LogP) is 3.03. The van der Waals surface area contributed by atoms with Crippen molar-refractivity contribution < 1.29 is 22.1 Å². The van der Waals surface area contributed by atoms with E-state index < -0.39 is 15.5 Å². The van der Waals surface area contributed by atoms with Gasteiger partial charge in [0.2, 0.25) is 0 Å². The molecule has 0 spiro atoms. The second kappa shape index (κ2) is 8.78. The molecule has 23 heavy (non-hydrogen) atoms. The number of benzene rings is 1. The molecular weight excluding hydrogens is 316 g/mol. The molecule has 0 radical (unpaired) electrons. The lowest BCUT2D eigenvalue weighted by atomic mass is 9.96. The van der Waals surface area contributed by atoms with Crippen LogP contribution in [0.4, 0.5) is 0 Å². The first-order chi connectivity index (χ1) is 10.7. The van der Waals surface area contributed by atoms with E-state index in [1.54, 1.807) is 31.4 Å². The second-order valence-electron chi connectivity index (χ2n) is 6.77. The summed E-state index contributed by atoms with van der Waals surface area (Å²) in [6, 6.07) is 6.62. The van der Waals surface area contributed by atoms with Gasteiger partial charge >= 0.3 is 0 Å². The lowest BCUT2D eigenvalue weighted by Crippen LogP contribution is -2.28. The average molecular weight is 344 g/mol. The van der Waals surface area contributed by atoms with Gasteiger partial charge in [-0.25, -0.2) is 0 Å². The van der Waals surface area contributed by atoms with Gasteiger partial charge in [-0.05, 0) is 19.1 Å². The molecule has 5 nitrogen and oxygen atoms in total. The van der Waals surface area contributed by atoms with Crippen LogP contribution < -0.4 is 0 Å². The van der Waals surface area contributed by atoms with E-state index in [0.717, 1.165) is 5.56 Å². The Morgan fingerprint density at radius 1 is 1.09 bits per heavy atom. The number of ether oxygens (including phenoxy) is 2. The highest BCUT2D eigenvalue weighted by molar-refractivity contribution is 7.86. The molecule has 0 aliphatic heterocycles. The van der Waals surface area contributed by atoms with Gasteiger partial charge in [0, 0.05) is 18.4 Å². The third kappa shape index (κ3) is 7.44. The topological polar surface area (TPSA) is 61.8 Å². The van der Waals surface area contributed by atoms with Crippen LogP contribution in [0.15, 0.2) is 29.2 Å². The van der Waals surface area contributed by atoms with E-state index in [-0.39, 0.29) is 11.5 Å². The van der Waals surface area contributed by atoms with Gasteiger partial charge in [-0.3, -0.25) is 4.18 Å². The van der Waals surface area contributed by atoms with Crippen molar-refractivity contribution in [2.24, 2.45) is 11.3 Å². The van der Waals surface area contributed by atoms with Crippen LogP contribution in [0.25, 0.3) is 0 Å².